The molecule has 2 aromatic carbocycles. The summed E-state index contributed by atoms with van der Waals surface area (Å²) >= 11 is 6.24. The van der Waals surface area contributed by atoms with Crippen LogP contribution in [0.25, 0.3) is 0 Å². The molecule has 1 N–H and O–H groups in total. The van der Waals surface area contributed by atoms with Gasteiger partial charge in [-0.15, -0.1) is 0 Å². The van der Waals surface area contributed by atoms with Crippen LogP contribution < -0.4 is 5.32 Å². The summed E-state index contributed by atoms with van der Waals surface area (Å²) in [5.74, 6) is 1.17. The Morgan fingerprint density at radius 3 is 2.67 bits per heavy atom. The Bertz CT molecular complexity index is 662. The second kappa shape index (κ2) is 5.15. The molecule has 108 valence electrons. The minimum atomic E-state index is 0.471. The Morgan fingerprint density at radius 2 is 1.86 bits per heavy atom. The zero-order valence-electron chi connectivity index (χ0n) is 12.3. The number of hydrogen-bond donors (Lipinski definition) is 1. The zero-order chi connectivity index (χ0) is 14.4. The van der Waals surface area contributed by atoms with Gasteiger partial charge in [0.25, 0.3) is 0 Å². The van der Waals surface area contributed by atoms with Gasteiger partial charge in [0.2, 0.25) is 0 Å². The Labute approximate surface area is 131 Å². The Hall–Kier alpha value is -1.31. The normalized spacial score (nSPS) is 27.2. The highest BCUT2D eigenvalue weighted by molar-refractivity contribution is 6.30. The average molecular weight is 298 g/mol. The fourth-order valence-corrected chi connectivity index (χ4v) is 4.32. The largest absolute Gasteiger partial charge is 0.310 e. The first-order chi connectivity index (χ1) is 10.2. The highest BCUT2D eigenvalue weighted by Gasteiger charge is 2.42. The predicted molar refractivity (Wildman–Crippen MR) is 87.9 cm³/mol. The molecule has 1 fully saturated rings. The maximum absolute atomic E-state index is 6.24. The molecule has 2 aliphatic rings. The van der Waals surface area contributed by atoms with Gasteiger partial charge in [-0.2, -0.15) is 0 Å². The van der Waals surface area contributed by atoms with Crippen LogP contribution >= 0.6 is 11.6 Å². The van der Waals surface area contributed by atoms with Gasteiger partial charge in [0.1, 0.15) is 0 Å². The van der Waals surface area contributed by atoms with Crippen molar-refractivity contribution in [3.05, 3.63) is 69.7 Å². The zero-order valence-corrected chi connectivity index (χ0v) is 13.0. The molecule has 3 unspecified atom stereocenters. The van der Waals surface area contributed by atoms with Gasteiger partial charge in [-0.3, -0.25) is 0 Å². The van der Waals surface area contributed by atoms with Crippen molar-refractivity contribution in [3.63, 3.8) is 0 Å². The summed E-state index contributed by atoms with van der Waals surface area (Å²) in [5, 5.41) is 4.57. The molecule has 2 heteroatoms. The number of nitrogens with one attached hydrogen (secondary N) is 1. The number of halogens is 1. The molecular weight excluding hydrogens is 278 g/mol. The van der Waals surface area contributed by atoms with Crippen molar-refractivity contribution in [2.45, 2.75) is 31.7 Å². The molecule has 1 saturated heterocycles. The third-order valence-corrected chi connectivity index (χ3v) is 5.33. The highest BCUT2D eigenvalue weighted by Crippen LogP contribution is 2.52. The van der Waals surface area contributed by atoms with E-state index in [1.54, 1.807) is 0 Å². The number of benzene rings is 2. The van der Waals surface area contributed by atoms with Gasteiger partial charge in [-0.25, -0.2) is 0 Å². The fraction of sp³-hybridized carbons (Fsp3) is 0.368. The lowest BCUT2D eigenvalue weighted by atomic mass is 9.80. The first-order valence-corrected chi connectivity index (χ1v) is 8.21. The van der Waals surface area contributed by atoms with Crippen LogP contribution in [-0.4, -0.2) is 6.54 Å². The number of aryl methyl sites for hydroxylation is 1. The smallest absolute Gasteiger partial charge is 0.0409 e. The van der Waals surface area contributed by atoms with E-state index in [9.17, 15) is 0 Å². The summed E-state index contributed by atoms with van der Waals surface area (Å²) in [6, 6.07) is 16.0. The van der Waals surface area contributed by atoms with Gasteiger partial charge in [-0.1, -0.05) is 47.5 Å². The lowest BCUT2D eigenvalue weighted by Gasteiger charge is -2.31. The molecule has 0 amide bonds. The average Bonchev–Trinajstić information content (AvgIpc) is 2.82. The maximum atomic E-state index is 6.24. The van der Waals surface area contributed by atoms with Crippen molar-refractivity contribution in [1.29, 1.82) is 0 Å². The van der Waals surface area contributed by atoms with E-state index in [0.29, 0.717) is 17.9 Å². The van der Waals surface area contributed by atoms with Crippen LogP contribution in [0.15, 0.2) is 42.5 Å². The number of piperidine rings is 1. The quantitative estimate of drug-likeness (QED) is 0.794. The summed E-state index contributed by atoms with van der Waals surface area (Å²) in [4.78, 5) is 0. The van der Waals surface area contributed by atoms with Crippen LogP contribution in [0.5, 0.6) is 0 Å². The van der Waals surface area contributed by atoms with Gasteiger partial charge in [-0.05, 0) is 61.1 Å². The van der Waals surface area contributed by atoms with Gasteiger partial charge >= 0.3 is 0 Å². The van der Waals surface area contributed by atoms with E-state index in [0.717, 1.165) is 11.6 Å². The lowest BCUT2D eigenvalue weighted by molar-refractivity contribution is 0.287. The second-order valence-electron chi connectivity index (χ2n) is 6.40. The van der Waals surface area contributed by atoms with Crippen LogP contribution in [0.2, 0.25) is 5.02 Å². The molecule has 0 bridgehead atoms. The van der Waals surface area contributed by atoms with Gasteiger partial charge in [0, 0.05) is 17.0 Å². The molecule has 1 aliphatic heterocycles. The molecule has 21 heavy (non-hydrogen) atoms. The van der Waals surface area contributed by atoms with E-state index < -0.39 is 0 Å². The minimum Gasteiger partial charge on any atom is -0.310 e. The van der Waals surface area contributed by atoms with Crippen LogP contribution in [0, 0.1) is 12.8 Å². The Kier molecular flexibility index (Phi) is 3.28. The third-order valence-electron chi connectivity index (χ3n) is 5.09. The standard InChI is InChI=1S/C19H20ClN/c1-12-4-6-13(7-5-12)18-15-9-8-14(20)11-17(15)19-16(18)3-2-10-21-19/h4-9,11,16,18-19,21H,2-3,10H2,1H3. The highest BCUT2D eigenvalue weighted by atomic mass is 35.5. The molecular formula is C19H20ClN. The molecule has 1 heterocycles. The fourth-order valence-electron chi connectivity index (χ4n) is 4.14. The first-order valence-electron chi connectivity index (χ1n) is 7.83. The van der Waals surface area contributed by atoms with E-state index in [2.05, 4.69) is 48.6 Å². The van der Waals surface area contributed by atoms with E-state index in [1.165, 1.54) is 35.1 Å². The molecule has 0 radical (unpaired) electrons. The Morgan fingerprint density at radius 1 is 1.05 bits per heavy atom. The summed E-state index contributed by atoms with van der Waals surface area (Å²) in [6.45, 7) is 3.27. The van der Waals surface area contributed by atoms with Crippen LogP contribution in [0.3, 0.4) is 0 Å². The first kappa shape index (κ1) is 13.4. The van der Waals surface area contributed by atoms with E-state index in [1.807, 2.05) is 6.07 Å². The van der Waals surface area contributed by atoms with Crippen LogP contribution in [0.4, 0.5) is 0 Å². The Balaban J connectivity index is 1.84. The predicted octanol–water partition coefficient (Wildman–Crippen LogP) is 4.83. The molecule has 3 atom stereocenters. The molecule has 4 rings (SSSR count). The van der Waals surface area contributed by atoms with Crippen molar-refractivity contribution in [2.24, 2.45) is 5.92 Å². The van der Waals surface area contributed by atoms with Crippen LogP contribution in [-0.2, 0) is 0 Å². The van der Waals surface area contributed by atoms with Crippen LogP contribution in [0.1, 0.15) is 47.1 Å². The molecule has 1 nitrogen and oxygen atoms in total. The maximum Gasteiger partial charge on any atom is 0.0409 e. The van der Waals surface area contributed by atoms with E-state index >= 15 is 0 Å². The van der Waals surface area contributed by atoms with E-state index in [4.69, 9.17) is 11.6 Å². The van der Waals surface area contributed by atoms with Gasteiger partial charge in [0.05, 0.1) is 0 Å². The van der Waals surface area contributed by atoms with Gasteiger partial charge < -0.3 is 5.32 Å². The second-order valence-corrected chi connectivity index (χ2v) is 6.84. The summed E-state index contributed by atoms with van der Waals surface area (Å²) in [5.41, 5.74) is 5.65. The van der Waals surface area contributed by atoms with Crippen molar-refractivity contribution in [2.75, 3.05) is 6.54 Å². The van der Waals surface area contributed by atoms with Crippen molar-refractivity contribution < 1.29 is 0 Å². The SMILES string of the molecule is Cc1ccc(C2c3ccc(Cl)cc3C3NCCCC32)cc1. The molecule has 1 aliphatic carbocycles. The summed E-state index contributed by atoms with van der Waals surface area (Å²) in [7, 11) is 0. The monoisotopic (exact) mass is 297 g/mol. The number of fused-ring (bicyclic) bond motifs is 3. The van der Waals surface area contributed by atoms with Crippen molar-refractivity contribution in [1.82, 2.24) is 5.32 Å². The molecule has 0 spiro atoms. The summed E-state index contributed by atoms with van der Waals surface area (Å²) < 4.78 is 0. The lowest BCUT2D eigenvalue weighted by Crippen LogP contribution is -2.32. The third kappa shape index (κ3) is 2.20. The van der Waals surface area contributed by atoms with Crippen molar-refractivity contribution >= 4 is 11.6 Å². The topological polar surface area (TPSA) is 12.0 Å². The molecule has 2 aromatic rings. The van der Waals surface area contributed by atoms with Crippen molar-refractivity contribution in [3.8, 4) is 0 Å². The summed E-state index contributed by atoms with van der Waals surface area (Å²) in [6.07, 6.45) is 2.56. The number of hydrogen-bond acceptors (Lipinski definition) is 1. The van der Waals surface area contributed by atoms with Gasteiger partial charge in [0.15, 0.2) is 0 Å². The molecule has 0 saturated carbocycles. The molecule has 0 aromatic heterocycles. The number of rotatable bonds is 1. The minimum absolute atomic E-state index is 0.471. The van der Waals surface area contributed by atoms with E-state index in [-0.39, 0.29) is 0 Å².